The van der Waals surface area contributed by atoms with Crippen LogP contribution in [0.25, 0.3) is 0 Å². The number of hydrogen-bond acceptors (Lipinski definition) is 2. The lowest BCUT2D eigenvalue weighted by Gasteiger charge is -2.35. The number of nitrogens with zero attached hydrogens (tertiary/aromatic N) is 1. The lowest BCUT2D eigenvalue weighted by molar-refractivity contribution is -0.138. The van der Waals surface area contributed by atoms with Crippen LogP contribution < -0.4 is 0 Å². The van der Waals surface area contributed by atoms with Gasteiger partial charge in [0.1, 0.15) is 0 Å². The highest BCUT2D eigenvalue weighted by Gasteiger charge is 2.23. The number of carbonyl (C=O) groups is 1. The SMILES string of the molecule is CCC(c1ccccc1)N(CC)C(C)CC(=O)O. The first-order chi connectivity index (χ1) is 8.60. The van der Waals surface area contributed by atoms with Gasteiger partial charge in [0.25, 0.3) is 0 Å². The van der Waals surface area contributed by atoms with Crippen molar-refractivity contribution in [1.29, 1.82) is 0 Å². The first kappa shape index (κ1) is 14.7. The van der Waals surface area contributed by atoms with Crippen LogP contribution in [0.3, 0.4) is 0 Å². The predicted molar refractivity (Wildman–Crippen MR) is 73.6 cm³/mol. The topological polar surface area (TPSA) is 40.5 Å². The van der Waals surface area contributed by atoms with Gasteiger partial charge in [-0.25, -0.2) is 0 Å². The van der Waals surface area contributed by atoms with E-state index in [-0.39, 0.29) is 12.5 Å². The minimum absolute atomic E-state index is 0.0534. The zero-order valence-electron chi connectivity index (χ0n) is 11.5. The van der Waals surface area contributed by atoms with Gasteiger partial charge >= 0.3 is 5.97 Å². The molecule has 1 aromatic carbocycles. The van der Waals surface area contributed by atoms with Crippen LogP contribution in [-0.4, -0.2) is 28.6 Å². The summed E-state index contributed by atoms with van der Waals surface area (Å²) in [7, 11) is 0. The smallest absolute Gasteiger partial charge is 0.304 e. The van der Waals surface area contributed by atoms with E-state index in [2.05, 4.69) is 30.9 Å². The quantitative estimate of drug-likeness (QED) is 0.806. The average Bonchev–Trinajstić information content (AvgIpc) is 2.35. The molecule has 0 aliphatic rings. The molecule has 18 heavy (non-hydrogen) atoms. The van der Waals surface area contributed by atoms with E-state index in [4.69, 9.17) is 5.11 Å². The second kappa shape index (κ2) is 7.17. The van der Waals surface area contributed by atoms with E-state index < -0.39 is 5.97 Å². The van der Waals surface area contributed by atoms with E-state index in [9.17, 15) is 4.79 Å². The van der Waals surface area contributed by atoms with E-state index in [1.54, 1.807) is 0 Å². The second-order valence-corrected chi connectivity index (χ2v) is 4.61. The molecule has 1 N–H and O–H groups in total. The molecule has 0 saturated heterocycles. The summed E-state index contributed by atoms with van der Waals surface area (Å²) in [6.45, 7) is 7.09. The van der Waals surface area contributed by atoms with Crippen LogP contribution in [0.4, 0.5) is 0 Å². The van der Waals surface area contributed by atoms with Gasteiger partial charge in [-0.1, -0.05) is 44.2 Å². The number of aliphatic carboxylic acids is 1. The van der Waals surface area contributed by atoms with Gasteiger partial charge in [0.15, 0.2) is 0 Å². The Hall–Kier alpha value is -1.35. The van der Waals surface area contributed by atoms with Crippen LogP contribution in [-0.2, 0) is 4.79 Å². The molecule has 1 aromatic rings. The van der Waals surface area contributed by atoms with Crippen molar-refractivity contribution in [1.82, 2.24) is 4.90 Å². The van der Waals surface area contributed by atoms with Crippen LogP contribution in [0.2, 0.25) is 0 Å². The van der Waals surface area contributed by atoms with E-state index in [0.717, 1.165) is 13.0 Å². The fraction of sp³-hybridized carbons (Fsp3) is 0.533. The summed E-state index contributed by atoms with van der Waals surface area (Å²) in [6.07, 6.45) is 1.18. The number of carboxylic acid groups (broad SMARTS) is 1. The Labute approximate surface area is 109 Å². The largest absolute Gasteiger partial charge is 0.481 e. The average molecular weight is 249 g/mol. The van der Waals surface area contributed by atoms with Crippen molar-refractivity contribution in [3.63, 3.8) is 0 Å². The standard InChI is InChI=1S/C15H23NO2/c1-4-14(13-9-7-6-8-10-13)16(5-2)12(3)11-15(17)18/h6-10,12,14H,4-5,11H2,1-3H3,(H,17,18). The summed E-state index contributed by atoms with van der Waals surface area (Å²) in [5.41, 5.74) is 1.26. The minimum atomic E-state index is -0.733. The third-order valence-electron chi connectivity index (χ3n) is 3.37. The monoisotopic (exact) mass is 249 g/mol. The first-order valence-electron chi connectivity index (χ1n) is 6.62. The third-order valence-corrected chi connectivity index (χ3v) is 3.37. The number of benzene rings is 1. The Balaban J connectivity index is 2.87. The fourth-order valence-corrected chi connectivity index (χ4v) is 2.55. The molecule has 2 atom stereocenters. The fourth-order valence-electron chi connectivity index (χ4n) is 2.55. The summed E-state index contributed by atoms with van der Waals surface area (Å²) in [6, 6.07) is 10.7. The van der Waals surface area contributed by atoms with Crippen LogP contribution in [0, 0.1) is 0 Å². The molecule has 0 aliphatic carbocycles. The van der Waals surface area contributed by atoms with Crippen molar-refractivity contribution in [3.8, 4) is 0 Å². The molecular weight excluding hydrogens is 226 g/mol. The third kappa shape index (κ3) is 3.84. The van der Waals surface area contributed by atoms with Gasteiger partial charge in [-0.05, 0) is 25.5 Å². The molecule has 0 spiro atoms. The zero-order valence-corrected chi connectivity index (χ0v) is 11.5. The van der Waals surface area contributed by atoms with Gasteiger partial charge in [-0.15, -0.1) is 0 Å². The highest BCUT2D eigenvalue weighted by molar-refractivity contribution is 5.67. The molecule has 0 aromatic heterocycles. The number of rotatable bonds is 7. The maximum absolute atomic E-state index is 10.9. The van der Waals surface area contributed by atoms with Gasteiger partial charge < -0.3 is 5.11 Å². The molecule has 0 heterocycles. The molecule has 3 nitrogen and oxygen atoms in total. The summed E-state index contributed by atoms with van der Waals surface area (Å²) < 4.78 is 0. The molecule has 0 radical (unpaired) electrons. The van der Waals surface area contributed by atoms with E-state index in [1.165, 1.54) is 5.56 Å². The van der Waals surface area contributed by atoms with E-state index >= 15 is 0 Å². The molecule has 1 rings (SSSR count). The first-order valence-corrected chi connectivity index (χ1v) is 6.62. The Morgan fingerprint density at radius 2 is 1.89 bits per heavy atom. The number of hydrogen-bond donors (Lipinski definition) is 1. The maximum Gasteiger partial charge on any atom is 0.304 e. The van der Waals surface area contributed by atoms with Crippen LogP contribution in [0.1, 0.15) is 45.2 Å². The van der Waals surface area contributed by atoms with Crippen molar-refractivity contribution >= 4 is 5.97 Å². The molecular formula is C15H23NO2. The highest BCUT2D eigenvalue weighted by atomic mass is 16.4. The van der Waals surface area contributed by atoms with Gasteiger partial charge in [0, 0.05) is 12.1 Å². The Kier molecular flexibility index (Phi) is 5.86. The molecule has 100 valence electrons. The Bertz CT molecular complexity index is 364. The predicted octanol–water partition coefficient (Wildman–Crippen LogP) is 3.32. The van der Waals surface area contributed by atoms with Crippen molar-refractivity contribution in [2.24, 2.45) is 0 Å². The maximum atomic E-state index is 10.9. The van der Waals surface area contributed by atoms with Gasteiger partial charge in [0.2, 0.25) is 0 Å². The zero-order chi connectivity index (χ0) is 13.5. The summed E-state index contributed by atoms with van der Waals surface area (Å²) in [4.78, 5) is 13.1. The molecule has 0 aliphatic heterocycles. The number of carboxylic acids is 1. The van der Waals surface area contributed by atoms with Crippen LogP contribution >= 0.6 is 0 Å². The normalized spacial score (nSPS) is 14.4. The van der Waals surface area contributed by atoms with Crippen molar-refractivity contribution in [3.05, 3.63) is 35.9 Å². The molecule has 3 heteroatoms. The molecule has 0 fully saturated rings. The van der Waals surface area contributed by atoms with Crippen LogP contribution in [0.15, 0.2) is 30.3 Å². The molecule has 0 amide bonds. The summed E-state index contributed by atoms with van der Waals surface area (Å²) in [5, 5.41) is 8.93. The van der Waals surface area contributed by atoms with Gasteiger partial charge in [-0.2, -0.15) is 0 Å². The summed E-state index contributed by atoms with van der Waals surface area (Å²) >= 11 is 0. The van der Waals surface area contributed by atoms with Crippen molar-refractivity contribution in [2.45, 2.75) is 45.7 Å². The summed E-state index contributed by atoms with van der Waals surface area (Å²) in [5.74, 6) is -0.733. The highest BCUT2D eigenvalue weighted by Crippen LogP contribution is 2.26. The molecule has 2 unspecified atom stereocenters. The van der Waals surface area contributed by atoms with Crippen LogP contribution in [0.5, 0.6) is 0 Å². The Morgan fingerprint density at radius 1 is 1.28 bits per heavy atom. The molecule has 0 saturated carbocycles. The second-order valence-electron chi connectivity index (χ2n) is 4.61. The lowest BCUT2D eigenvalue weighted by Crippen LogP contribution is -2.37. The van der Waals surface area contributed by atoms with E-state index in [0.29, 0.717) is 6.04 Å². The van der Waals surface area contributed by atoms with E-state index in [1.807, 2.05) is 25.1 Å². The van der Waals surface area contributed by atoms with Gasteiger partial charge in [-0.3, -0.25) is 9.69 Å². The molecule has 0 bridgehead atoms. The lowest BCUT2D eigenvalue weighted by atomic mass is 10.0. The van der Waals surface area contributed by atoms with Crippen molar-refractivity contribution < 1.29 is 9.90 Å². The van der Waals surface area contributed by atoms with Gasteiger partial charge in [0.05, 0.1) is 6.42 Å². The minimum Gasteiger partial charge on any atom is -0.481 e. The Morgan fingerprint density at radius 3 is 2.33 bits per heavy atom. The van der Waals surface area contributed by atoms with Crippen molar-refractivity contribution in [2.75, 3.05) is 6.54 Å².